The van der Waals surface area contributed by atoms with Gasteiger partial charge in [0.15, 0.2) is 5.78 Å². The van der Waals surface area contributed by atoms with Gasteiger partial charge in [-0.15, -0.1) is 0 Å². The first-order chi connectivity index (χ1) is 18.7. The third-order valence-electron chi connectivity index (χ3n) is 10.7. The zero-order chi connectivity index (χ0) is 27.8. The highest BCUT2D eigenvalue weighted by atomic mass is 16.2. The molecule has 214 valence electrons. The Hall–Kier alpha value is -2.41. The summed E-state index contributed by atoms with van der Waals surface area (Å²) in [6.45, 7) is 6.11. The molecule has 0 aromatic heterocycles. The summed E-state index contributed by atoms with van der Waals surface area (Å²) in [6, 6.07) is 10.5. The molecule has 4 fully saturated rings. The Labute approximate surface area is 234 Å². The molecule has 1 spiro atoms. The third kappa shape index (κ3) is 5.12. The number of carbonyl (C=O) groups is 3. The minimum Gasteiger partial charge on any atom is -0.331 e. The van der Waals surface area contributed by atoms with Gasteiger partial charge in [-0.3, -0.25) is 14.5 Å². The standard InChI is InChI=1S/C32H48N4O3/c1-5-24(2)29(38)27-15-10-20-35(27)28(37)22-34-23-31(36(30(34)39)21-25-11-9-12-25)16-18-32(19-17-31,33(3)4)26-13-7-6-8-14-26/h6-8,13-14,24-25,27H,5,9-12,15-23H2,1-4H3/t24?,27-,31-,32+/m0/s1. The second-order valence-corrected chi connectivity index (χ2v) is 13.0. The highest BCUT2D eigenvalue weighted by Crippen LogP contribution is 2.49. The minimum atomic E-state index is -0.327. The number of hydrogen-bond acceptors (Lipinski definition) is 4. The van der Waals surface area contributed by atoms with Gasteiger partial charge in [0.2, 0.25) is 5.91 Å². The Bertz CT molecular complexity index is 1040. The maximum Gasteiger partial charge on any atom is 0.321 e. The van der Waals surface area contributed by atoms with E-state index >= 15 is 0 Å². The number of amides is 3. The van der Waals surface area contributed by atoms with E-state index in [1.807, 2.05) is 18.7 Å². The quantitative estimate of drug-likeness (QED) is 0.450. The van der Waals surface area contributed by atoms with Crippen molar-refractivity contribution in [2.45, 2.75) is 95.2 Å². The summed E-state index contributed by atoms with van der Waals surface area (Å²) in [5.41, 5.74) is 1.08. The molecule has 0 bridgehead atoms. The number of likely N-dealkylation sites (tertiary alicyclic amines) is 1. The van der Waals surface area contributed by atoms with Gasteiger partial charge in [-0.1, -0.05) is 50.6 Å². The summed E-state index contributed by atoms with van der Waals surface area (Å²) in [7, 11) is 4.35. The number of benzene rings is 1. The lowest BCUT2D eigenvalue weighted by molar-refractivity contribution is -0.139. The van der Waals surface area contributed by atoms with Crippen LogP contribution in [0.4, 0.5) is 4.79 Å². The highest BCUT2D eigenvalue weighted by Gasteiger charge is 2.55. The zero-order valence-electron chi connectivity index (χ0n) is 24.5. The van der Waals surface area contributed by atoms with Gasteiger partial charge in [0.05, 0.1) is 11.6 Å². The Morgan fingerprint density at radius 2 is 1.72 bits per heavy atom. The van der Waals surface area contributed by atoms with Crippen LogP contribution in [-0.4, -0.2) is 89.2 Å². The first-order valence-electron chi connectivity index (χ1n) is 15.3. The third-order valence-corrected chi connectivity index (χ3v) is 10.7. The van der Waals surface area contributed by atoms with Crippen LogP contribution in [0.2, 0.25) is 0 Å². The summed E-state index contributed by atoms with van der Waals surface area (Å²) in [5.74, 6) is 0.646. The lowest BCUT2D eigenvalue weighted by Gasteiger charge is -2.51. The van der Waals surface area contributed by atoms with E-state index in [1.54, 1.807) is 4.90 Å². The van der Waals surface area contributed by atoms with Crippen LogP contribution < -0.4 is 0 Å². The molecule has 1 aromatic rings. The molecule has 0 N–H and O–H groups in total. The number of urea groups is 1. The lowest BCUT2D eigenvalue weighted by Crippen LogP contribution is -2.56. The number of ketones is 1. The van der Waals surface area contributed by atoms with Crippen molar-refractivity contribution in [2.24, 2.45) is 11.8 Å². The predicted molar refractivity (Wildman–Crippen MR) is 153 cm³/mol. The molecule has 1 unspecified atom stereocenters. The fourth-order valence-corrected chi connectivity index (χ4v) is 7.65. The number of rotatable bonds is 9. The van der Waals surface area contributed by atoms with Crippen molar-refractivity contribution in [2.75, 3.05) is 40.3 Å². The van der Waals surface area contributed by atoms with Crippen molar-refractivity contribution in [3.8, 4) is 0 Å². The van der Waals surface area contributed by atoms with Crippen LogP contribution in [0.3, 0.4) is 0 Å². The van der Waals surface area contributed by atoms with Crippen LogP contribution in [0.25, 0.3) is 0 Å². The molecular formula is C32H48N4O3. The van der Waals surface area contributed by atoms with Gasteiger partial charge >= 0.3 is 6.03 Å². The molecule has 7 nitrogen and oxygen atoms in total. The average molecular weight is 537 g/mol. The monoisotopic (exact) mass is 536 g/mol. The summed E-state index contributed by atoms with van der Waals surface area (Å²) in [5, 5.41) is 0. The molecule has 5 rings (SSSR count). The van der Waals surface area contributed by atoms with E-state index in [-0.39, 0.29) is 47.3 Å². The van der Waals surface area contributed by atoms with Crippen molar-refractivity contribution in [1.82, 2.24) is 19.6 Å². The van der Waals surface area contributed by atoms with Gasteiger partial charge in [-0.2, -0.15) is 0 Å². The van der Waals surface area contributed by atoms with Crippen LogP contribution in [0.1, 0.15) is 83.6 Å². The lowest BCUT2D eigenvalue weighted by atomic mass is 9.68. The summed E-state index contributed by atoms with van der Waals surface area (Å²) in [4.78, 5) is 48.6. The number of hydrogen-bond donors (Lipinski definition) is 0. The van der Waals surface area contributed by atoms with Gasteiger partial charge in [0.1, 0.15) is 6.54 Å². The highest BCUT2D eigenvalue weighted by molar-refractivity contribution is 5.93. The molecule has 0 radical (unpaired) electrons. The normalized spacial score (nSPS) is 30.3. The number of nitrogens with zero attached hydrogens (tertiary/aromatic N) is 4. The predicted octanol–water partition coefficient (Wildman–Crippen LogP) is 4.90. The van der Waals surface area contributed by atoms with E-state index in [9.17, 15) is 14.4 Å². The summed E-state index contributed by atoms with van der Waals surface area (Å²) in [6.07, 6.45) is 9.86. The second kappa shape index (κ2) is 11.2. The van der Waals surface area contributed by atoms with Crippen LogP contribution in [-0.2, 0) is 15.1 Å². The van der Waals surface area contributed by atoms with Crippen molar-refractivity contribution in [3.63, 3.8) is 0 Å². The Morgan fingerprint density at radius 3 is 2.31 bits per heavy atom. The largest absolute Gasteiger partial charge is 0.331 e. The van der Waals surface area contributed by atoms with Crippen molar-refractivity contribution >= 4 is 17.7 Å². The Morgan fingerprint density at radius 1 is 1.03 bits per heavy atom. The van der Waals surface area contributed by atoms with Gasteiger partial charge in [0, 0.05) is 31.1 Å². The molecule has 2 aliphatic heterocycles. The summed E-state index contributed by atoms with van der Waals surface area (Å²) >= 11 is 0. The molecule has 2 heterocycles. The molecule has 3 amide bonds. The van der Waals surface area contributed by atoms with Crippen molar-refractivity contribution < 1.29 is 14.4 Å². The average Bonchev–Trinajstić information content (AvgIpc) is 3.50. The molecule has 7 heteroatoms. The van der Waals surface area contributed by atoms with Crippen LogP contribution in [0, 0.1) is 11.8 Å². The van der Waals surface area contributed by atoms with Crippen LogP contribution in [0.15, 0.2) is 30.3 Å². The topological polar surface area (TPSA) is 64.2 Å². The fourth-order valence-electron chi connectivity index (χ4n) is 7.65. The Balaban J connectivity index is 1.34. The minimum absolute atomic E-state index is 0.0244. The van der Waals surface area contributed by atoms with E-state index in [1.165, 1.54) is 24.8 Å². The van der Waals surface area contributed by atoms with E-state index in [2.05, 4.69) is 54.2 Å². The molecule has 2 atom stereocenters. The van der Waals surface area contributed by atoms with Gasteiger partial charge in [0.25, 0.3) is 0 Å². The molecule has 2 aliphatic carbocycles. The molecular weight excluding hydrogens is 488 g/mol. The fraction of sp³-hybridized carbons (Fsp3) is 0.719. The number of carbonyl (C=O) groups excluding carboxylic acids is 3. The molecule has 4 aliphatic rings. The summed E-state index contributed by atoms with van der Waals surface area (Å²) < 4.78 is 0. The smallest absolute Gasteiger partial charge is 0.321 e. The van der Waals surface area contributed by atoms with Gasteiger partial charge in [-0.25, -0.2) is 4.79 Å². The maximum atomic E-state index is 13.9. The SMILES string of the molecule is CCC(C)C(=O)[C@@H]1CCCN1C(=O)CN1C[C@]2(CC[C@](c3ccccc3)(N(C)C)CC2)N(CC2CCC2)C1=O. The maximum absolute atomic E-state index is 13.9. The number of Topliss-reactive ketones (excluding diaryl/α,β-unsaturated/α-hetero) is 1. The second-order valence-electron chi connectivity index (χ2n) is 13.0. The van der Waals surface area contributed by atoms with E-state index < -0.39 is 0 Å². The zero-order valence-corrected chi connectivity index (χ0v) is 24.5. The first kappa shape index (κ1) is 28.1. The van der Waals surface area contributed by atoms with Crippen LogP contribution in [0.5, 0.6) is 0 Å². The van der Waals surface area contributed by atoms with Gasteiger partial charge in [-0.05, 0) is 83.4 Å². The molecule has 2 saturated heterocycles. The van der Waals surface area contributed by atoms with Crippen molar-refractivity contribution in [3.05, 3.63) is 35.9 Å². The molecule has 2 saturated carbocycles. The first-order valence-corrected chi connectivity index (χ1v) is 15.3. The van der Waals surface area contributed by atoms with E-state index in [0.717, 1.165) is 51.5 Å². The van der Waals surface area contributed by atoms with Gasteiger partial charge < -0.3 is 14.7 Å². The van der Waals surface area contributed by atoms with Crippen molar-refractivity contribution in [1.29, 1.82) is 0 Å². The van der Waals surface area contributed by atoms with Crippen LogP contribution >= 0.6 is 0 Å². The molecule has 39 heavy (non-hydrogen) atoms. The van der Waals surface area contributed by atoms with E-state index in [4.69, 9.17) is 0 Å². The molecule has 1 aromatic carbocycles. The Kier molecular flexibility index (Phi) is 8.10. The van der Waals surface area contributed by atoms with E-state index in [0.29, 0.717) is 19.0 Å².